The maximum atomic E-state index is 5.98. The molecule has 0 unspecified atom stereocenters. The largest absolute Gasteiger partial charge is 0.490 e. The van der Waals surface area contributed by atoms with Crippen molar-refractivity contribution in [3.63, 3.8) is 0 Å². The summed E-state index contributed by atoms with van der Waals surface area (Å²) >= 11 is 0. The molecule has 0 aromatic heterocycles. The van der Waals surface area contributed by atoms with Gasteiger partial charge in [0.1, 0.15) is 12.4 Å². The Bertz CT molecular complexity index is 548. The summed E-state index contributed by atoms with van der Waals surface area (Å²) in [5.74, 6) is 1.03. The van der Waals surface area contributed by atoms with Gasteiger partial charge in [0.05, 0.1) is 24.9 Å². The van der Waals surface area contributed by atoms with Crippen LogP contribution in [0, 0.1) is 6.92 Å². The number of rotatable bonds is 5. The van der Waals surface area contributed by atoms with Crippen LogP contribution in [0.2, 0.25) is 0 Å². The molecule has 23 heavy (non-hydrogen) atoms. The Hall–Kier alpha value is -1.30. The first kappa shape index (κ1) is 16.6. The molecule has 1 N–H and O–H groups in total. The first-order valence-electron chi connectivity index (χ1n) is 8.50. The normalized spacial score (nSPS) is 18.7. The molecule has 1 aromatic rings. The lowest BCUT2D eigenvalue weighted by Gasteiger charge is -2.36. The van der Waals surface area contributed by atoms with E-state index in [1.54, 1.807) is 14.2 Å². The van der Waals surface area contributed by atoms with Gasteiger partial charge in [-0.15, -0.1) is 0 Å². The van der Waals surface area contributed by atoms with E-state index in [1.165, 1.54) is 22.4 Å². The predicted molar refractivity (Wildman–Crippen MR) is 91.8 cm³/mol. The molecule has 5 nitrogen and oxygen atoms in total. The van der Waals surface area contributed by atoms with E-state index in [4.69, 9.17) is 14.2 Å². The van der Waals surface area contributed by atoms with Crippen molar-refractivity contribution in [2.24, 2.45) is 0 Å². The Morgan fingerprint density at radius 2 is 2.13 bits per heavy atom. The van der Waals surface area contributed by atoms with Gasteiger partial charge < -0.3 is 24.4 Å². The molecule has 0 aliphatic carbocycles. The second-order valence-corrected chi connectivity index (χ2v) is 6.34. The summed E-state index contributed by atoms with van der Waals surface area (Å²) < 4.78 is 16.8. The van der Waals surface area contributed by atoms with Crippen LogP contribution >= 0.6 is 0 Å². The van der Waals surface area contributed by atoms with Crippen molar-refractivity contribution in [2.75, 3.05) is 58.5 Å². The summed E-state index contributed by atoms with van der Waals surface area (Å²) in [5, 5.41) is 3.49. The maximum absolute atomic E-state index is 5.98. The van der Waals surface area contributed by atoms with Crippen molar-refractivity contribution >= 4 is 5.69 Å². The first-order chi connectivity index (χ1) is 11.2. The van der Waals surface area contributed by atoms with Crippen LogP contribution in [0.1, 0.15) is 16.7 Å². The summed E-state index contributed by atoms with van der Waals surface area (Å²) in [6, 6.07) is 2.26. The van der Waals surface area contributed by atoms with Crippen molar-refractivity contribution in [3.05, 3.63) is 22.8 Å². The maximum Gasteiger partial charge on any atom is 0.143 e. The molecule has 1 aromatic carbocycles. The molecule has 5 heteroatoms. The van der Waals surface area contributed by atoms with Crippen molar-refractivity contribution in [1.82, 2.24) is 5.32 Å². The van der Waals surface area contributed by atoms with Gasteiger partial charge in [-0.25, -0.2) is 0 Å². The number of benzene rings is 1. The average Bonchev–Trinajstić information content (AvgIpc) is 2.80. The summed E-state index contributed by atoms with van der Waals surface area (Å²) in [5.41, 5.74) is 5.54. The number of methoxy groups -OCH3 is 2. The molecule has 0 saturated carbocycles. The Kier molecular flexibility index (Phi) is 5.41. The minimum atomic E-state index is 0.0748. The Morgan fingerprint density at radius 3 is 2.91 bits per heavy atom. The van der Waals surface area contributed by atoms with Gasteiger partial charge in [0.2, 0.25) is 0 Å². The van der Waals surface area contributed by atoms with E-state index in [-0.39, 0.29) is 6.10 Å². The molecule has 2 heterocycles. The second-order valence-electron chi connectivity index (χ2n) is 6.34. The molecule has 2 aliphatic heterocycles. The van der Waals surface area contributed by atoms with E-state index in [9.17, 15) is 0 Å². The van der Waals surface area contributed by atoms with Crippen molar-refractivity contribution in [2.45, 2.75) is 25.9 Å². The van der Waals surface area contributed by atoms with Crippen LogP contribution < -0.4 is 15.0 Å². The van der Waals surface area contributed by atoms with Crippen molar-refractivity contribution < 1.29 is 14.2 Å². The SMILES string of the molecule is COC[C@H](CN1CCOc2cc3c(c(C)c21)CCNCC3)OC. The Labute approximate surface area is 138 Å². The van der Waals surface area contributed by atoms with Crippen LogP contribution in [0.15, 0.2) is 6.07 Å². The fourth-order valence-corrected chi connectivity index (χ4v) is 3.71. The van der Waals surface area contributed by atoms with Crippen LogP contribution in [0.4, 0.5) is 5.69 Å². The van der Waals surface area contributed by atoms with E-state index in [1.807, 2.05) is 0 Å². The summed E-state index contributed by atoms with van der Waals surface area (Å²) in [7, 11) is 3.47. The van der Waals surface area contributed by atoms with E-state index in [0.717, 1.165) is 51.4 Å². The lowest BCUT2D eigenvalue weighted by molar-refractivity contribution is 0.0321. The number of hydrogen-bond donors (Lipinski definition) is 1. The van der Waals surface area contributed by atoms with E-state index in [2.05, 4.69) is 23.2 Å². The highest BCUT2D eigenvalue weighted by molar-refractivity contribution is 5.69. The van der Waals surface area contributed by atoms with Gasteiger partial charge in [0.15, 0.2) is 0 Å². The van der Waals surface area contributed by atoms with Gasteiger partial charge in [0, 0.05) is 20.8 Å². The van der Waals surface area contributed by atoms with Crippen LogP contribution in [0.3, 0.4) is 0 Å². The van der Waals surface area contributed by atoms with E-state index < -0.39 is 0 Å². The monoisotopic (exact) mass is 320 g/mol. The standard InChI is InChI=1S/C18H28N2O3/c1-13-16-5-7-19-6-4-14(16)10-17-18(13)20(8-9-23-17)11-15(22-3)12-21-2/h10,15,19H,4-9,11-12H2,1-3H3/t15-/m0/s1. The molecule has 1 atom stereocenters. The molecule has 3 rings (SSSR count). The Balaban J connectivity index is 1.92. The van der Waals surface area contributed by atoms with Gasteiger partial charge in [-0.3, -0.25) is 0 Å². The number of anilines is 1. The van der Waals surface area contributed by atoms with Crippen LogP contribution in [0.5, 0.6) is 5.75 Å². The van der Waals surface area contributed by atoms with Gasteiger partial charge in [-0.05, 0) is 55.6 Å². The van der Waals surface area contributed by atoms with E-state index >= 15 is 0 Å². The zero-order chi connectivity index (χ0) is 16.2. The van der Waals surface area contributed by atoms with Gasteiger partial charge in [-0.2, -0.15) is 0 Å². The molecule has 0 spiro atoms. The number of fused-ring (bicyclic) bond motifs is 2. The van der Waals surface area contributed by atoms with Gasteiger partial charge >= 0.3 is 0 Å². The molecule has 0 bridgehead atoms. The first-order valence-corrected chi connectivity index (χ1v) is 8.50. The molecule has 128 valence electrons. The quantitative estimate of drug-likeness (QED) is 0.891. The fraction of sp³-hybridized carbons (Fsp3) is 0.667. The summed E-state index contributed by atoms with van der Waals surface area (Å²) in [4.78, 5) is 2.40. The summed E-state index contributed by atoms with van der Waals surface area (Å²) in [6.45, 7) is 7.41. The minimum absolute atomic E-state index is 0.0748. The number of nitrogens with zero attached hydrogens (tertiary/aromatic N) is 1. The number of hydrogen-bond acceptors (Lipinski definition) is 5. The predicted octanol–water partition coefficient (Wildman–Crippen LogP) is 1.54. The average molecular weight is 320 g/mol. The zero-order valence-corrected chi connectivity index (χ0v) is 14.5. The Morgan fingerprint density at radius 1 is 1.30 bits per heavy atom. The van der Waals surface area contributed by atoms with Crippen LogP contribution in [0.25, 0.3) is 0 Å². The lowest BCUT2D eigenvalue weighted by Crippen LogP contribution is -2.41. The smallest absolute Gasteiger partial charge is 0.143 e. The third kappa shape index (κ3) is 3.47. The molecule has 0 fully saturated rings. The minimum Gasteiger partial charge on any atom is -0.490 e. The second kappa shape index (κ2) is 7.51. The van der Waals surface area contributed by atoms with Crippen LogP contribution in [-0.2, 0) is 22.3 Å². The topological polar surface area (TPSA) is 43.0 Å². The third-order valence-corrected chi connectivity index (χ3v) is 4.90. The number of ether oxygens (including phenoxy) is 3. The van der Waals surface area contributed by atoms with Crippen molar-refractivity contribution in [1.29, 1.82) is 0 Å². The summed E-state index contributed by atoms with van der Waals surface area (Å²) in [6.07, 6.45) is 2.25. The molecule has 0 saturated heterocycles. The molecule has 0 amide bonds. The fourth-order valence-electron chi connectivity index (χ4n) is 3.71. The zero-order valence-electron chi connectivity index (χ0n) is 14.5. The third-order valence-electron chi connectivity index (χ3n) is 4.90. The lowest BCUT2D eigenvalue weighted by atomic mass is 9.94. The highest BCUT2D eigenvalue weighted by Gasteiger charge is 2.26. The molecular formula is C18H28N2O3. The molecular weight excluding hydrogens is 292 g/mol. The molecule has 2 aliphatic rings. The number of nitrogens with one attached hydrogen (secondary N) is 1. The van der Waals surface area contributed by atoms with Gasteiger partial charge in [-0.1, -0.05) is 0 Å². The van der Waals surface area contributed by atoms with Gasteiger partial charge in [0.25, 0.3) is 0 Å². The van der Waals surface area contributed by atoms with Crippen LogP contribution in [-0.4, -0.2) is 59.7 Å². The highest BCUT2D eigenvalue weighted by Crippen LogP contribution is 2.39. The van der Waals surface area contributed by atoms with Crippen molar-refractivity contribution in [3.8, 4) is 5.75 Å². The van der Waals surface area contributed by atoms with E-state index in [0.29, 0.717) is 6.61 Å². The molecule has 0 radical (unpaired) electrons. The highest BCUT2D eigenvalue weighted by atomic mass is 16.5.